The van der Waals surface area contributed by atoms with Crippen LogP contribution in [0.2, 0.25) is 0 Å². The van der Waals surface area contributed by atoms with Gasteiger partial charge in [-0.1, -0.05) is 0 Å². The molecular weight excluding hydrogens is 146 g/mol. The lowest BCUT2D eigenvalue weighted by molar-refractivity contribution is 0.0993. The highest BCUT2D eigenvalue weighted by Crippen LogP contribution is 1.80. The minimum absolute atomic E-state index is 0.227. The second-order valence-electron chi connectivity index (χ2n) is 2.06. The molecule has 5 nitrogen and oxygen atoms in total. The van der Waals surface area contributed by atoms with Crippen molar-refractivity contribution >= 4 is 5.91 Å². The van der Waals surface area contributed by atoms with Gasteiger partial charge in [-0.25, -0.2) is 4.98 Å². The molecule has 0 fully saturated rings. The van der Waals surface area contributed by atoms with Crippen molar-refractivity contribution in [2.75, 3.05) is 0 Å². The average molecular weight is 153 g/mol. The summed E-state index contributed by atoms with van der Waals surface area (Å²) in [5.74, 6) is -0.800. The summed E-state index contributed by atoms with van der Waals surface area (Å²) in [5.41, 5.74) is 4.17. The molecule has 0 aromatic carbocycles. The van der Waals surface area contributed by atoms with Crippen molar-refractivity contribution in [3.63, 3.8) is 0 Å². The summed E-state index contributed by atoms with van der Waals surface area (Å²) in [6, 6.07) is 0. The van der Waals surface area contributed by atoms with Crippen LogP contribution in [0.15, 0.2) is 17.2 Å². The van der Waals surface area contributed by atoms with E-state index in [2.05, 4.69) is 4.98 Å². The monoisotopic (exact) mass is 153 g/mol. The number of aromatic nitrogens is 2. The Bertz CT molecular complexity index is 342. The highest BCUT2D eigenvalue weighted by Gasteiger charge is 2.07. The maximum Gasteiger partial charge on any atom is 0.281 e. The van der Waals surface area contributed by atoms with Gasteiger partial charge in [0.15, 0.2) is 5.69 Å². The number of amides is 1. The van der Waals surface area contributed by atoms with Gasteiger partial charge in [0.2, 0.25) is 0 Å². The molecular formula is C6H7N3O2. The van der Waals surface area contributed by atoms with Crippen LogP contribution >= 0.6 is 0 Å². The Kier molecular flexibility index (Phi) is 1.72. The van der Waals surface area contributed by atoms with Gasteiger partial charge in [0.1, 0.15) is 0 Å². The number of hydrogen-bond donors (Lipinski definition) is 1. The molecule has 11 heavy (non-hydrogen) atoms. The van der Waals surface area contributed by atoms with Gasteiger partial charge < -0.3 is 10.3 Å². The Balaban J connectivity index is 3.40. The smallest absolute Gasteiger partial charge is 0.281 e. The van der Waals surface area contributed by atoms with Crippen LogP contribution in [-0.2, 0) is 7.05 Å². The Morgan fingerprint density at radius 3 is 2.82 bits per heavy atom. The fourth-order valence-corrected chi connectivity index (χ4v) is 0.667. The zero-order valence-electron chi connectivity index (χ0n) is 5.94. The van der Waals surface area contributed by atoms with Crippen molar-refractivity contribution in [3.05, 3.63) is 28.4 Å². The number of hydrogen-bond acceptors (Lipinski definition) is 3. The Labute approximate surface area is 62.5 Å². The van der Waals surface area contributed by atoms with Crippen LogP contribution in [0, 0.1) is 0 Å². The predicted octanol–water partition coefficient (Wildman–Crippen LogP) is -1.12. The Morgan fingerprint density at radius 2 is 2.36 bits per heavy atom. The van der Waals surface area contributed by atoms with Crippen molar-refractivity contribution in [3.8, 4) is 0 Å². The molecule has 1 aromatic rings. The van der Waals surface area contributed by atoms with Crippen LogP contribution in [0.25, 0.3) is 0 Å². The Morgan fingerprint density at radius 1 is 1.73 bits per heavy atom. The molecule has 0 radical (unpaired) electrons. The number of rotatable bonds is 1. The molecule has 0 atom stereocenters. The first-order valence-electron chi connectivity index (χ1n) is 2.94. The fourth-order valence-electron chi connectivity index (χ4n) is 0.667. The standard InChI is InChI=1S/C6H7N3O2/c1-9-3-2-8-4(5(7)10)6(9)11/h2-3H,1H3,(H2,7,10). The summed E-state index contributed by atoms with van der Waals surface area (Å²) in [5, 5.41) is 0. The van der Waals surface area contributed by atoms with Crippen LogP contribution in [0.5, 0.6) is 0 Å². The van der Waals surface area contributed by atoms with Crippen LogP contribution in [-0.4, -0.2) is 15.5 Å². The van der Waals surface area contributed by atoms with Gasteiger partial charge in [-0.05, 0) is 0 Å². The summed E-state index contributed by atoms with van der Waals surface area (Å²) < 4.78 is 1.24. The van der Waals surface area contributed by atoms with Crippen LogP contribution < -0.4 is 11.3 Å². The maximum atomic E-state index is 11.0. The normalized spacial score (nSPS) is 9.55. The number of primary amides is 1. The van der Waals surface area contributed by atoms with Gasteiger partial charge in [0.05, 0.1) is 0 Å². The van der Waals surface area contributed by atoms with E-state index in [9.17, 15) is 9.59 Å². The van der Waals surface area contributed by atoms with E-state index in [4.69, 9.17) is 5.73 Å². The second kappa shape index (κ2) is 2.53. The first kappa shape index (κ1) is 7.46. The zero-order valence-corrected chi connectivity index (χ0v) is 5.94. The lowest BCUT2D eigenvalue weighted by Gasteiger charge is -1.96. The Hall–Kier alpha value is -1.65. The van der Waals surface area contributed by atoms with E-state index in [1.807, 2.05) is 0 Å². The molecule has 0 unspecified atom stereocenters. The largest absolute Gasteiger partial charge is 0.364 e. The third-order valence-electron chi connectivity index (χ3n) is 1.25. The van der Waals surface area contributed by atoms with Crippen molar-refractivity contribution in [2.45, 2.75) is 0 Å². The molecule has 1 heterocycles. The van der Waals surface area contributed by atoms with Crippen molar-refractivity contribution in [1.29, 1.82) is 0 Å². The average Bonchev–Trinajstić information content (AvgIpc) is 1.94. The molecule has 1 aromatic heterocycles. The summed E-state index contributed by atoms with van der Waals surface area (Å²) in [6.45, 7) is 0. The minimum atomic E-state index is -0.800. The van der Waals surface area contributed by atoms with Crippen molar-refractivity contribution in [2.24, 2.45) is 12.8 Å². The van der Waals surface area contributed by atoms with Gasteiger partial charge in [-0.15, -0.1) is 0 Å². The van der Waals surface area contributed by atoms with Gasteiger partial charge in [-0.3, -0.25) is 9.59 Å². The third-order valence-corrected chi connectivity index (χ3v) is 1.25. The SMILES string of the molecule is Cn1ccnc(C(N)=O)c1=O. The highest BCUT2D eigenvalue weighted by atomic mass is 16.2. The molecule has 0 aliphatic heterocycles. The molecule has 0 aliphatic rings. The first-order valence-corrected chi connectivity index (χ1v) is 2.94. The van der Waals surface area contributed by atoms with E-state index in [1.54, 1.807) is 0 Å². The van der Waals surface area contributed by atoms with Crippen LogP contribution in [0.1, 0.15) is 10.5 Å². The molecule has 0 spiro atoms. The summed E-state index contributed by atoms with van der Waals surface area (Å²) in [4.78, 5) is 25.1. The summed E-state index contributed by atoms with van der Waals surface area (Å²) >= 11 is 0. The van der Waals surface area contributed by atoms with Crippen molar-refractivity contribution < 1.29 is 4.79 Å². The number of carbonyl (C=O) groups excluding carboxylic acids is 1. The number of carbonyl (C=O) groups is 1. The molecule has 5 heteroatoms. The molecule has 1 amide bonds. The number of nitrogens with zero attached hydrogens (tertiary/aromatic N) is 2. The van der Waals surface area contributed by atoms with E-state index < -0.39 is 11.5 Å². The summed E-state index contributed by atoms with van der Waals surface area (Å²) in [6.07, 6.45) is 2.80. The van der Waals surface area contributed by atoms with Crippen LogP contribution in [0.3, 0.4) is 0 Å². The molecule has 2 N–H and O–H groups in total. The molecule has 1 rings (SSSR count). The maximum absolute atomic E-state index is 11.0. The van der Waals surface area contributed by atoms with Gasteiger partial charge >= 0.3 is 0 Å². The highest BCUT2D eigenvalue weighted by molar-refractivity contribution is 5.90. The van der Waals surface area contributed by atoms with E-state index in [-0.39, 0.29) is 5.69 Å². The molecule has 0 aliphatic carbocycles. The number of nitrogens with two attached hydrogens (primary N) is 1. The van der Waals surface area contributed by atoms with Gasteiger partial charge in [0, 0.05) is 19.4 Å². The van der Waals surface area contributed by atoms with E-state index in [1.165, 1.54) is 24.0 Å². The molecule has 0 bridgehead atoms. The molecule has 0 saturated heterocycles. The van der Waals surface area contributed by atoms with Crippen LogP contribution in [0.4, 0.5) is 0 Å². The third kappa shape index (κ3) is 1.26. The molecule has 58 valence electrons. The second-order valence-corrected chi connectivity index (χ2v) is 2.06. The zero-order chi connectivity index (χ0) is 8.43. The topological polar surface area (TPSA) is 78.0 Å². The minimum Gasteiger partial charge on any atom is -0.364 e. The summed E-state index contributed by atoms with van der Waals surface area (Å²) in [7, 11) is 1.52. The van der Waals surface area contributed by atoms with E-state index in [0.29, 0.717) is 0 Å². The van der Waals surface area contributed by atoms with Gasteiger partial charge in [-0.2, -0.15) is 0 Å². The predicted molar refractivity (Wildman–Crippen MR) is 38.0 cm³/mol. The lowest BCUT2D eigenvalue weighted by Crippen LogP contribution is -2.29. The first-order chi connectivity index (χ1) is 5.13. The van der Waals surface area contributed by atoms with E-state index >= 15 is 0 Å². The fraction of sp³-hybridized carbons (Fsp3) is 0.167. The van der Waals surface area contributed by atoms with E-state index in [0.717, 1.165) is 0 Å². The quantitative estimate of drug-likeness (QED) is 0.555. The lowest BCUT2D eigenvalue weighted by atomic mass is 10.4. The van der Waals surface area contributed by atoms with Gasteiger partial charge in [0.25, 0.3) is 11.5 Å². The molecule has 0 saturated carbocycles. The van der Waals surface area contributed by atoms with Crippen molar-refractivity contribution in [1.82, 2.24) is 9.55 Å². The number of aryl methyl sites for hydroxylation is 1.